The Labute approximate surface area is 131 Å². The second-order valence-electron chi connectivity index (χ2n) is 4.21. The van der Waals surface area contributed by atoms with Crippen molar-refractivity contribution in [2.24, 2.45) is 0 Å². The van der Waals surface area contributed by atoms with E-state index >= 15 is 0 Å². The zero-order valence-corrected chi connectivity index (χ0v) is 12.6. The van der Waals surface area contributed by atoms with Crippen LogP contribution in [0.15, 0.2) is 36.4 Å². The second kappa shape index (κ2) is 6.70. The fraction of sp³-hybridized carbons (Fsp3) is 0.133. The number of phenols is 1. The van der Waals surface area contributed by atoms with Crippen molar-refractivity contribution >= 4 is 29.2 Å². The van der Waals surface area contributed by atoms with Crippen LogP contribution in [0.2, 0.25) is 10.0 Å². The van der Waals surface area contributed by atoms with Crippen LogP contribution < -0.4 is 4.74 Å². The highest BCUT2D eigenvalue weighted by molar-refractivity contribution is 6.42. The fourth-order valence-electron chi connectivity index (χ4n) is 1.66. The second-order valence-corrected chi connectivity index (χ2v) is 5.02. The Morgan fingerprint density at radius 2 is 1.90 bits per heavy atom. The molecule has 2 aromatic rings. The van der Waals surface area contributed by atoms with E-state index in [1.807, 2.05) is 0 Å². The topological polar surface area (TPSA) is 55.8 Å². The standard InChI is InChI=1S/C15H12Cl2O4/c1-20-10-3-5-14(18)11(7-10)15(19)21-8-9-2-4-12(16)13(17)6-9/h2-7,18H,8H2,1H3. The minimum Gasteiger partial charge on any atom is -0.507 e. The van der Waals surface area contributed by atoms with Gasteiger partial charge in [-0.05, 0) is 35.9 Å². The largest absolute Gasteiger partial charge is 0.507 e. The number of benzene rings is 2. The van der Waals surface area contributed by atoms with Gasteiger partial charge >= 0.3 is 5.97 Å². The fourth-order valence-corrected chi connectivity index (χ4v) is 1.98. The summed E-state index contributed by atoms with van der Waals surface area (Å²) in [6.07, 6.45) is 0. The number of esters is 1. The lowest BCUT2D eigenvalue weighted by Crippen LogP contribution is -2.06. The molecule has 0 aliphatic heterocycles. The third-order valence-electron chi connectivity index (χ3n) is 2.78. The summed E-state index contributed by atoms with van der Waals surface area (Å²) >= 11 is 11.7. The van der Waals surface area contributed by atoms with Crippen LogP contribution in [-0.4, -0.2) is 18.2 Å². The Morgan fingerprint density at radius 1 is 1.14 bits per heavy atom. The lowest BCUT2D eigenvalue weighted by molar-refractivity contribution is 0.0469. The van der Waals surface area contributed by atoms with Gasteiger partial charge in [-0.1, -0.05) is 29.3 Å². The predicted octanol–water partition coefficient (Wildman–Crippen LogP) is 4.06. The highest BCUT2D eigenvalue weighted by atomic mass is 35.5. The highest BCUT2D eigenvalue weighted by Crippen LogP contribution is 2.25. The Bertz CT molecular complexity index is 671. The smallest absolute Gasteiger partial charge is 0.342 e. The SMILES string of the molecule is COc1ccc(O)c(C(=O)OCc2ccc(Cl)c(Cl)c2)c1. The zero-order chi connectivity index (χ0) is 15.4. The van der Waals surface area contributed by atoms with E-state index in [0.717, 1.165) is 0 Å². The molecule has 6 heteroatoms. The number of methoxy groups -OCH3 is 1. The van der Waals surface area contributed by atoms with Gasteiger partial charge in [0.25, 0.3) is 0 Å². The van der Waals surface area contributed by atoms with E-state index in [1.165, 1.54) is 19.2 Å². The molecule has 0 saturated heterocycles. The summed E-state index contributed by atoms with van der Waals surface area (Å²) < 4.78 is 10.1. The van der Waals surface area contributed by atoms with Gasteiger partial charge in [-0.15, -0.1) is 0 Å². The van der Waals surface area contributed by atoms with E-state index in [-0.39, 0.29) is 17.9 Å². The molecule has 2 rings (SSSR count). The van der Waals surface area contributed by atoms with Gasteiger partial charge in [0.2, 0.25) is 0 Å². The minimum atomic E-state index is -0.655. The number of aromatic hydroxyl groups is 1. The summed E-state index contributed by atoms with van der Waals surface area (Å²) in [4.78, 5) is 12.0. The minimum absolute atomic E-state index is 0.0202. The monoisotopic (exact) mass is 326 g/mol. The number of hydrogen-bond acceptors (Lipinski definition) is 4. The van der Waals surface area contributed by atoms with Gasteiger partial charge in [-0.25, -0.2) is 4.79 Å². The van der Waals surface area contributed by atoms with Crippen LogP contribution >= 0.6 is 23.2 Å². The van der Waals surface area contributed by atoms with Gasteiger partial charge in [0.05, 0.1) is 17.2 Å². The molecule has 0 radical (unpaired) electrons. The van der Waals surface area contributed by atoms with E-state index in [9.17, 15) is 9.90 Å². The van der Waals surface area contributed by atoms with Crippen LogP contribution in [0.1, 0.15) is 15.9 Å². The maximum atomic E-state index is 12.0. The maximum absolute atomic E-state index is 12.0. The van der Waals surface area contributed by atoms with E-state index in [4.69, 9.17) is 32.7 Å². The van der Waals surface area contributed by atoms with Crippen molar-refractivity contribution in [3.63, 3.8) is 0 Å². The van der Waals surface area contributed by atoms with Crippen molar-refractivity contribution in [3.05, 3.63) is 57.6 Å². The van der Waals surface area contributed by atoms with Crippen molar-refractivity contribution < 1.29 is 19.4 Å². The van der Waals surface area contributed by atoms with Crippen LogP contribution in [0, 0.1) is 0 Å². The zero-order valence-electron chi connectivity index (χ0n) is 11.1. The summed E-state index contributed by atoms with van der Waals surface area (Å²) in [6.45, 7) is 0.0202. The van der Waals surface area contributed by atoms with Crippen molar-refractivity contribution in [1.29, 1.82) is 0 Å². The van der Waals surface area contributed by atoms with Gasteiger partial charge in [0.15, 0.2) is 0 Å². The molecule has 0 amide bonds. The number of phenolic OH excluding ortho intramolecular Hbond substituents is 1. The molecule has 0 fully saturated rings. The number of ether oxygens (including phenoxy) is 2. The van der Waals surface area contributed by atoms with E-state index < -0.39 is 5.97 Å². The number of carbonyl (C=O) groups is 1. The molecule has 4 nitrogen and oxygen atoms in total. The normalized spacial score (nSPS) is 10.2. The molecular weight excluding hydrogens is 315 g/mol. The molecule has 1 N–H and O–H groups in total. The number of carbonyl (C=O) groups excluding carboxylic acids is 1. The molecule has 0 atom stereocenters. The molecule has 2 aromatic carbocycles. The summed E-state index contributed by atoms with van der Waals surface area (Å²) in [5, 5.41) is 10.5. The molecule has 0 spiro atoms. The first-order valence-electron chi connectivity index (χ1n) is 5.99. The van der Waals surface area contributed by atoms with E-state index in [0.29, 0.717) is 21.4 Å². The number of halogens is 2. The molecule has 0 aliphatic carbocycles. The van der Waals surface area contributed by atoms with Crippen molar-refractivity contribution in [3.8, 4) is 11.5 Å². The Balaban J connectivity index is 2.09. The quantitative estimate of drug-likeness (QED) is 0.860. The van der Waals surface area contributed by atoms with Crippen LogP contribution in [0.3, 0.4) is 0 Å². The number of rotatable bonds is 4. The molecule has 0 heterocycles. The first-order chi connectivity index (χ1) is 10.0. The Morgan fingerprint density at radius 3 is 2.57 bits per heavy atom. The molecule has 0 saturated carbocycles. The van der Waals surface area contributed by atoms with Gasteiger partial charge in [-0.3, -0.25) is 0 Å². The average Bonchev–Trinajstić information content (AvgIpc) is 2.48. The Hall–Kier alpha value is -1.91. The first-order valence-corrected chi connectivity index (χ1v) is 6.75. The molecule has 110 valence electrons. The van der Waals surface area contributed by atoms with Gasteiger partial charge in [0, 0.05) is 0 Å². The Kier molecular flexibility index (Phi) is 4.94. The van der Waals surface area contributed by atoms with Gasteiger partial charge in [-0.2, -0.15) is 0 Å². The van der Waals surface area contributed by atoms with Gasteiger partial charge in [0.1, 0.15) is 23.7 Å². The van der Waals surface area contributed by atoms with E-state index in [2.05, 4.69) is 0 Å². The number of hydrogen-bond donors (Lipinski definition) is 1. The molecule has 0 unspecified atom stereocenters. The van der Waals surface area contributed by atoms with Crippen molar-refractivity contribution in [2.45, 2.75) is 6.61 Å². The van der Waals surface area contributed by atoms with Crippen molar-refractivity contribution in [1.82, 2.24) is 0 Å². The van der Waals surface area contributed by atoms with Crippen LogP contribution in [0.5, 0.6) is 11.5 Å². The summed E-state index contributed by atoms with van der Waals surface area (Å²) in [6, 6.07) is 9.26. The van der Waals surface area contributed by atoms with Crippen LogP contribution in [0.25, 0.3) is 0 Å². The lowest BCUT2D eigenvalue weighted by atomic mass is 10.2. The van der Waals surface area contributed by atoms with Crippen LogP contribution in [-0.2, 0) is 11.3 Å². The molecular formula is C15H12Cl2O4. The maximum Gasteiger partial charge on any atom is 0.342 e. The summed E-state index contributed by atoms with van der Waals surface area (Å²) in [7, 11) is 1.47. The predicted molar refractivity (Wildman–Crippen MR) is 80.2 cm³/mol. The third kappa shape index (κ3) is 3.80. The first kappa shape index (κ1) is 15.5. The molecule has 0 aromatic heterocycles. The summed E-state index contributed by atoms with van der Waals surface area (Å²) in [5.41, 5.74) is 0.731. The van der Waals surface area contributed by atoms with E-state index in [1.54, 1.807) is 24.3 Å². The third-order valence-corrected chi connectivity index (χ3v) is 3.52. The molecule has 21 heavy (non-hydrogen) atoms. The summed E-state index contributed by atoms with van der Waals surface area (Å²) in [5.74, 6) is -0.373. The van der Waals surface area contributed by atoms with Gasteiger partial charge < -0.3 is 14.6 Å². The van der Waals surface area contributed by atoms with Crippen molar-refractivity contribution in [2.75, 3.05) is 7.11 Å². The average molecular weight is 327 g/mol. The lowest BCUT2D eigenvalue weighted by Gasteiger charge is -2.08. The van der Waals surface area contributed by atoms with Crippen LogP contribution in [0.4, 0.5) is 0 Å². The highest BCUT2D eigenvalue weighted by Gasteiger charge is 2.14. The molecule has 0 bridgehead atoms. The molecule has 0 aliphatic rings.